The Morgan fingerprint density at radius 3 is 2.36 bits per heavy atom. The number of carbonyl (C=O) groups excluding carboxylic acids is 1. The zero-order valence-corrected chi connectivity index (χ0v) is 15.8. The quantitative estimate of drug-likeness (QED) is 0.722. The molecule has 0 radical (unpaired) electrons. The Labute approximate surface area is 152 Å². The molecule has 1 amide bonds. The summed E-state index contributed by atoms with van der Waals surface area (Å²) in [7, 11) is -2.19. The number of amides is 1. The van der Waals surface area contributed by atoms with Gasteiger partial charge in [-0.2, -0.15) is 0 Å². The van der Waals surface area contributed by atoms with Gasteiger partial charge in [0, 0.05) is 11.9 Å². The molecule has 0 aliphatic carbocycles. The lowest BCUT2D eigenvalue weighted by molar-refractivity contribution is -0.126. The molecule has 134 valence electrons. The highest BCUT2D eigenvalue weighted by atomic mass is 32.2. The van der Waals surface area contributed by atoms with E-state index in [9.17, 15) is 13.2 Å². The number of sulfonamides is 1. The zero-order chi connectivity index (χ0) is 18.4. The van der Waals surface area contributed by atoms with Gasteiger partial charge in [-0.3, -0.25) is 9.52 Å². The molecule has 0 saturated heterocycles. The third-order valence-corrected chi connectivity index (χ3v) is 5.59. The van der Waals surface area contributed by atoms with Crippen molar-refractivity contribution in [1.29, 1.82) is 0 Å². The van der Waals surface area contributed by atoms with Gasteiger partial charge in [-0.1, -0.05) is 12.1 Å². The average molecular weight is 380 g/mol. The van der Waals surface area contributed by atoms with Crippen LogP contribution >= 0.6 is 11.8 Å². The van der Waals surface area contributed by atoms with E-state index >= 15 is 0 Å². The lowest BCUT2D eigenvalue weighted by Gasteiger charge is -2.14. The lowest BCUT2D eigenvalue weighted by atomic mass is 10.3. The molecule has 0 fully saturated rings. The van der Waals surface area contributed by atoms with Crippen molar-refractivity contribution in [3.63, 3.8) is 0 Å². The summed E-state index contributed by atoms with van der Waals surface area (Å²) in [4.78, 5) is 12.4. The molecule has 6 nitrogen and oxygen atoms in total. The molecule has 0 saturated carbocycles. The molecule has 0 heterocycles. The second kappa shape index (κ2) is 8.26. The highest BCUT2D eigenvalue weighted by Crippen LogP contribution is 2.27. The second-order valence-corrected chi connectivity index (χ2v) is 7.68. The number of anilines is 1. The minimum absolute atomic E-state index is 0.114. The molecule has 1 atom stereocenters. The van der Waals surface area contributed by atoms with Gasteiger partial charge in [-0.05, 0) is 49.6 Å². The largest absolute Gasteiger partial charge is 0.481 e. The first-order valence-corrected chi connectivity index (χ1v) is 10.2. The minimum Gasteiger partial charge on any atom is -0.481 e. The van der Waals surface area contributed by atoms with E-state index in [0.29, 0.717) is 11.4 Å². The van der Waals surface area contributed by atoms with Crippen LogP contribution in [0.3, 0.4) is 0 Å². The van der Waals surface area contributed by atoms with E-state index in [4.69, 9.17) is 4.74 Å². The Balaban J connectivity index is 2.16. The molecule has 8 heteroatoms. The molecule has 0 spiro atoms. The van der Waals surface area contributed by atoms with E-state index in [2.05, 4.69) is 10.0 Å². The maximum Gasteiger partial charge on any atom is 0.261 e. The number of hydrogen-bond donors (Lipinski definition) is 2. The third kappa shape index (κ3) is 4.90. The van der Waals surface area contributed by atoms with Gasteiger partial charge in [0.2, 0.25) is 0 Å². The van der Waals surface area contributed by atoms with Crippen LogP contribution in [0.4, 0.5) is 5.69 Å². The molecule has 25 heavy (non-hydrogen) atoms. The summed E-state index contributed by atoms with van der Waals surface area (Å²) in [6.45, 7) is 1.62. The van der Waals surface area contributed by atoms with E-state index in [1.165, 1.54) is 43.1 Å². The zero-order valence-electron chi connectivity index (χ0n) is 14.1. The Morgan fingerprint density at radius 1 is 1.12 bits per heavy atom. The van der Waals surface area contributed by atoms with Crippen LogP contribution in [0.25, 0.3) is 0 Å². The molecule has 0 aliphatic heterocycles. The lowest BCUT2D eigenvalue weighted by Crippen LogP contribution is -2.33. The summed E-state index contributed by atoms with van der Waals surface area (Å²) < 4.78 is 33.1. The number of carbonyl (C=O) groups is 1. The van der Waals surface area contributed by atoms with Crippen LogP contribution in [0.15, 0.2) is 58.3 Å². The predicted molar refractivity (Wildman–Crippen MR) is 99.6 cm³/mol. The first kappa shape index (κ1) is 19.1. The molecular weight excluding hydrogens is 360 g/mol. The number of hydrogen-bond acceptors (Lipinski definition) is 5. The molecule has 2 rings (SSSR count). The minimum atomic E-state index is -3.71. The molecule has 2 aromatic rings. The summed E-state index contributed by atoms with van der Waals surface area (Å²) in [5, 5.41) is 2.49. The topological polar surface area (TPSA) is 84.5 Å². The second-order valence-electron chi connectivity index (χ2n) is 5.15. The van der Waals surface area contributed by atoms with E-state index in [1.807, 2.05) is 18.4 Å². The maximum atomic E-state index is 12.5. The number of benzene rings is 2. The Morgan fingerprint density at radius 2 is 1.76 bits per heavy atom. The molecule has 2 aromatic carbocycles. The number of nitrogens with one attached hydrogen (secondary N) is 2. The van der Waals surface area contributed by atoms with Gasteiger partial charge < -0.3 is 10.1 Å². The van der Waals surface area contributed by atoms with Crippen LogP contribution in [-0.2, 0) is 14.8 Å². The van der Waals surface area contributed by atoms with Crippen LogP contribution in [0.5, 0.6) is 5.75 Å². The summed E-state index contributed by atoms with van der Waals surface area (Å²) in [5.74, 6) is 0.159. The van der Waals surface area contributed by atoms with Gasteiger partial charge in [0.05, 0.1) is 10.6 Å². The van der Waals surface area contributed by atoms with Gasteiger partial charge >= 0.3 is 0 Å². The number of thioether (sulfide) groups is 1. The standard InChI is InChI=1S/C17H20N2O4S2/c1-12(17(20)18-2)23-13-8-10-14(11-9-13)25(21,22)19-15-6-4-5-7-16(15)24-3/h4-12,19H,1-3H3,(H,18,20)/t12-/m0/s1. The van der Waals surface area contributed by atoms with E-state index in [0.717, 1.165) is 4.90 Å². The fourth-order valence-corrected chi connectivity index (χ4v) is 3.79. The van der Waals surface area contributed by atoms with Gasteiger partial charge in [-0.15, -0.1) is 11.8 Å². The highest BCUT2D eigenvalue weighted by Gasteiger charge is 2.17. The smallest absolute Gasteiger partial charge is 0.261 e. The molecule has 0 bridgehead atoms. The molecule has 0 aliphatic rings. The number of likely N-dealkylation sites (N-methyl/N-ethyl adjacent to an activating group) is 1. The first-order chi connectivity index (χ1) is 11.9. The van der Waals surface area contributed by atoms with Crippen LogP contribution in [0.1, 0.15) is 6.92 Å². The summed E-state index contributed by atoms with van der Waals surface area (Å²) in [6, 6.07) is 13.1. The third-order valence-electron chi connectivity index (χ3n) is 3.41. The van der Waals surface area contributed by atoms with E-state index in [1.54, 1.807) is 19.1 Å². The Bertz CT molecular complexity index is 836. The predicted octanol–water partition coefficient (Wildman–Crippen LogP) is 2.72. The van der Waals surface area contributed by atoms with Crippen LogP contribution in [-0.4, -0.2) is 33.7 Å². The van der Waals surface area contributed by atoms with Crippen molar-refractivity contribution in [1.82, 2.24) is 5.32 Å². The van der Waals surface area contributed by atoms with Gasteiger partial charge in [0.1, 0.15) is 5.75 Å². The normalized spacial score (nSPS) is 12.3. The number of rotatable bonds is 7. The van der Waals surface area contributed by atoms with Crippen molar-refractivity contribution < 1.29 is 17.9 Å². The number of para-hydroxylation sites is 1. The van der Waals surface area contributed by atoms with E-state index in [-0.39, 0.29) is 10.8 Å². The van der Waals surface area contributed by atoms with Crippen molar-refractivity contribution >= 4 is 33.4 Å². The van der Waals surface area contributed by atoms with Gasteiger partial charge in [-0.25, -0.2) is 8.42 Å². The van der Waals surface area contributed by atoms with Crippen LogP contribution in [0.2, 0.25) is 0 Å². The van der Waals surface area contributed by atoms with Crippen molar-refractivity contribution in [2.24, 2.45) is 0 Å². The van der Waals surface area contributed by atoms with Crippen molar-refractivity contribution in [3.8, 4) is 5.75 Å². The Hall–Kier alpha value is -2.19. The monoisotopic (exact) mass is 380 g/mol. The van der Waals surface area contributed by atoms with Gasteiger partial charge in [0.15, 0.2) is 6.10 Å². The first-order valence-electron chi connectivity index (χ1n) is 7.51. The summed E-state index contributed by atoms with van der Waals surface area (Å²) >= 11 is 1.46. The fourth-order valence-electron chi connectivity index (χ4n) is 2.09. The molecule has 2 N–H and O–H groups in total. The molecular formula is C17H20N2O4S2. The van der Waals surface area contributed by atoms with Crippen molar-refractivity contribution in [3.05, 3.63) is 48.5 Å². The average Bonchev–Trinajstić information content (AvgIpc) is 2.61. The molecule has 0 aromatic heterocycles. The summed E-state index contributed by atoms with van der Waals surface area (Å²) in [5.41, 5.74) is 0.531. The van der Waals surface area contributed by atoms with Crippen molar-refractivity contribution in [2.75, 3.05) is 18.0 Å². The van der Waals surface area contributed by atoms with Crippen molar-refractivity contribution in [2.45, 2.75) is 22.8 Å². The molecule has 0 unspecified atom stereocenters. The highest BCUT2D eigenvalue weighted by molar-refractivity contribution is 7.99. The Kier molecular flexibility index (Phi) is 6.33. The SMILES string of the molecule is CNC(=O)[C@H](C)Oc1ccc(S(=O)(=O)Nc2ccccc2SC)cc1. The van der Waals surface area contributed by atoms with Gasteiger partial charge in [0.25, 0.3) is 15.9 Å². The van der Waals surface area contributed by atoms with Crippen LogP contribution in [0, 0.1) is 0 Å². The number of ether oxygens (including phenoxy) is 1. The van der Waals surface area contributed by atoms with E-state index < -0.39 is 16.1 Å². The maximum absolute atomic E-state index is 12.5. The van der Waals surface area contributed by atoms with Crippen LogP contribution < -0.4 is 14.8 Å². The summed E-state index contributed by atoms with van der Waals surface area (Å²) in [6.07, 6.45) is 1.21. The fraction of sp³-hybridized carbons (Fsp3) is 0.235.